The minimum atomic E-state index is -4.73. The second kappa shape index (κ2) is 6.68. The maximum absolute atomic E-state index is 12.6. The van der Waals surface area contributed by atoms with Gasteiger partial charge in [0, 0.05) is 5.39 Å². The minimum Gasteiger partial charge on any atom is -0.266 e. The van der Waals surface area contributed by atoms with Crippen LogP contribution in [0.25, 0.3) is 10.8 Å². The Morgan fingerprint density at radius 1 is 1.12 bits per heavy atom. The van der Waals surface area contributed by atoms with Crippen LogP contribution in [0.4, 0.5) is 13.2 Å². The van der Waals surface area contributed by atoms with Crippen LogP contribution in [0.5, 0.6) is 0 Å². The molecule has 0 radical (unpaired) electrons. The highest BCUT2D eigenvalue weighted by atomic mass is 32.2. The lowest BCUT2D eigenvalue weighted by Gasteiger charge is -2.25. The first-order valence-corrected chi connectivity index (χ1v) is 8.43. The van der Waals surface area contributed by atoms with Crippen molar-refractivity contribution >= 4 is 34.6 Å². The number of hydrogen-bond acceptors (Lipinski definition) is 4. The molecule has 0 saturated heterocycles. The molecule has 3 rings (SSSR count). The number of nitrogens with zero attached hydrogens (tertiary/aromatic N) is 1. The normalized spacial score (nSPS) is 14.5. The molecule has 132 valence electrons. The van der Waals surface area contributed by atoms with Gasteiger partial charge >= 0.3 is 5.51 Å². The van der Waals surface area contributed by atoms with Crippen LogP contribution in [0.15, 0.2) is 30.3 Å². The van der Waals surface area contributed by atoms with Gasteiger partial charge in [-0.2, -0.15) is 17.5 Å². The third-order valence-corrected chi connectivity index (χ3v) is 4.30. The zero-order valence-corrected chi connectivity index (χ0v) is 14.0. The highest BCUT2D eigenvalue weighted by Crippen LogP contribution is 2.36. The number of rotatable bonds is 5. The Kier molecular flexibility index (Phi) is 4.75. The Hall–Kier alpha value is -2.06. The molecule has 0 unspecified atom stereocenters. The van der Waals surface area contributed by atoms with Crippen molar-refractivity contribution in [2.24, 2.45) is 0 Å². The van der Waals surface area contributed by atoms with Crippen LogP contribution < -0.4 is 0 Å². The minimum absolute atomic E-state index is 0.150. The lowest BCUT2D eigenvalue weighted by molar-refractivity contribution is -0.0570. The summed E-state index contributed by atoms with van der Waals surface area (Å²) in [5.74, 6) is -1.79. The van der Waals surface area contributed by atoms with E-state index in [0.29, 0.717) is 10.8 Å². The number of alkyl halides is 3. The van der Waals surface area contributed by atoms with Gasteiger partial charge in [-0.1, -0.05) is 31.5 Å². The van der Waals surface area contributed by atoms with Gasteiger partial charge in [0.1, 0.15) is 12.0 Å². The Labute approximate surface area is 146 Å². The number of imide groups is 1. The van der Waals surface area contributed by atoms with Crippen LogP contribution in [0.2, 0.25) is 0 Å². The molecule has 0 fully saturated rings. The summed E-state index contributed by atoms with van der Waals surface area (Å²) in [7, 11) is 0. The smallest absolute Gasteiger partial charge is 0.266 e. The van der Waals surface area contributed by atoms with Crippen molar-refractivity contribution in [2.75, 3.05) is 0 Å². The first-order valence-electron chi connectivity index (χ1n) is 7.69. The van der Waals surface area contributed by atoms with Crippen molar-refractivity contribution in [3.8, 4) is 0 Å². The van der Waals surface area contributed by atoms with E-state index in [4.69, 9.17) is 0 Å². The summed E-state index contributed by atoms with van der Waals surface area (Å²) in [6, 6.07) is 8.42. The van der Waals surface area contributed by atoms with Gasteiger partial charge in [-0.25, -0.2) is 0 Å². The van der Waals surface area contributed by atoms with Gasteiger partial charge in [0.15, 0.2) is 0 Å². The average Bonchev–Trinajstić information content (AvgIpc) is 2.56. The van der Waals surface area contributed by atoms with E-state index in [1.165, 1.54) is 6.07 Å². The summed E-state index contributed by atoms with van der Waals surface area (Å²) in [5, 5.41) is 1.35. The molecule has 25 heavy (non-hydrogen) atoms. The molecule has 1 heterocycles. The van der Waals surface area contributed by atoms with Crippen molar-refractivity contribution in [3.63, 3.8) is 0 Å². The predicted molar refractivity (Wildman–Crippen MR) is 87.8 cm³/mol. The molecule has 0 aromatic heterocycles. The second-order valence-electron chi connectivity index (χ2n) is 5.66. The fourth-order valence-corrected chi connectivity index (χ4v) is 3.11. The summed E-state index contributed by atoms with van der Waals surface area (Å²) in [5.41, 5.74) is -3.50. The molecule has 0 N–H and O–H groups in total. The Bertz CT molecular complexity index is 851. The number of unbranched alkanes of at least 4 members (excludes halogenated alkanes) is 1. The van der Waals surface area contributed by atoms with E-state index in [0.717, 1.165) is 24.8 Å². The first-order chi connectivity index (χ1) is 11.8. The SMILES string of the molecule is CCCCc1cc2c3c(cccc3c1)C(=O)N(OSC(F)(F)F)C2=O. The quantitative estimate of drug-likeness (QED) is 0.557. The molecule has 0 bridgehead atoms. The number of carbonyl (C=O) groups is 2. The van der Waals surface area contributed by atoms with E-state index in [1.54, 1.807) is 18.2 Å². The number of hydroxylamine groups is 2. The van der Waals surface area contributed by atoms with Crippen LogP contribution >= 0.6 is 12.0 Å². The monoisotopic (exact) mass is 369 g/mol. The molecule has 0 spiro atoms. The van der Waals surface area contributed by atoms with Gasteiger partial charge in [0.05, 0.1) is 11.1 Å². The van der Waals surface area contributed by atoms with Crippen molar-refractivity contribution in [1.82, 2.24) is 5.06 Å². The molecule has 1 aliphatic rings. The number of halogens is 3. The van der Waals surface area contributed by atoms with Crippen LogP contribution in [0.1, 0.15) is 46.0 Å². The highest BCUT2D eigenvalue weighted by molar-refractivity contribution is 7.95. The van der Waals surface area contributed by atoms with Crippen molar-refractivity contribution in [1.29, 1.82) is 0 Å². The summed E-state index contributed by atoms with van der Waals surface area (Å²) < 4.78 is 41.6. The second-order valence-corrected chi connectivity index (χ2v) is 6.44. The first kappa shape index (κ1) is 17.8. The largest absolute Gasteiger partial charge is 0.470 e. The van der Waals surface area contributed by atoms with E-state index in [9.17, 15) is 22.8 Å². The predicted octanol–water partition coefficient (Wildman–Crippen LogP) is 4.88. The molecule has 0 saturated carbocycles. The van der Waals surface area contributed by atoms with Gasteiger partial charge in [0.25, 0.3) is 11.8 Å². The fourth-order valence-electron chi connectivity index (χ4n) is 2.82. The van der Waals surface area contributed by atoms with Crippen LogP contribution in [-0.2, 0) is 10.7 Å². The number of hydrogen-bond donors (Lipinski definition) is 0. The zero-order valence-electron chi connectivity index (χ0n) is 13.2. The summed E-state index contributed by atoms with van der Waals surface area (Å²) in [4.78, 5) is 24.9. The van der Waals surface area contributed by atoms with Crippen molar-refractivity contribution in [2.45, 2.75) is 31.7 Å². The van der Waals surface area contributed by atoms with E-state index in [2.05, 4.69) is 4.28 Å². The molecule has 2 amide bonds. The lowest BCUT2D eigenvalue weighted by atomic mass is 9.92. The van der Waals surface area contributed by atoms with Gasteiger partial charge in [-0.15, -0.1) is 5.06 Å². The van der Waals surface area contributed by atoms with E-state index < -0.39 is 29.4 Å². The molecular formula is C17H14F3NO3S. The maximum atomic E-state index is 12.6. The van der Waals surface area contributed by atoms with E-state index in [1.807, 2.05) is 13.0 Å². The highest BCUT2D eigenvalue weighted by Gasteiger charge is 2.39. The standard InChI is InChI=1S/C17H14F3NO3S/c1-2-3-5-10-8-11-6-4-7-12-14(11)13(9-10)16(23)21(15(12)22)24-25-17(18,19)20/h4,6-9H,2-3,5H2,1H3. The molecule has 1 aliphatic heterocycles. The molecule has 4 nitrogen and oxygen atoms in total. The van der Waals surface area contributed by atoms with E-state index in [-0.39, 0.29) is 16.2 Å². The molecule has 8 heteroatoms. The van der Waals surface area contributed by atoms with Gasteiger partial charge in [-0.3, -0.25) is 9.59 Å². The zero-order chi connectivity index (χ0) is 18.2. The van der Waals surface area contributed by atoms with Crippen LogP contribution in [0.3, 0.4) is 0 Å². The Balaban J connectivity index is 2.06. The van der Waals surface area contributed by atoms with Gasteiger partial charge < -0.3 is 0 Å². The number of carbonyl (C=O) groups excluding carboxylic acids is 2. The molecule has 2 aromatic carbocycles. The van der Waals surface area contributed by atoms with Gasteiger partial charge in [-0.05, 0) is 35.9 Å². The van der Waals surface area contributed by atoms with Crippen LogP contribution in [-0.4, -0.2) is 22.4 Å². The van der Waals surface area contributed by atoms with E-state index >= 15 is 0 Å². The third kappa shape index (κ3) is 3.50. The van der Waals surface area contributed by atoms with Crippen molar-refractivity contribution in [3.05, 3.63) is 47.0 Å². The van der Waals surface area contributed by atoms with Crippen molar-refractivity contribution < 1.29 is 27.0 Å². The number of amides is 2. The van der Waals surface area contributed by atoms with Gasteiger partial charge in [0.2, 0.25) is 0 Å². The molecule has 2 aromatic rings. The molecule has 0 atom stereocenters. The lowest BCUT2D eigenvalue weighted by Crippen LogP contribution is -2.39. The summed E-state index contributed by atoms with van der Waals surface area (Å²) in [6.07, 6.45) is 2.63. The topological polar surface area (TPSA) is 46.6 Å². The third-order valence-electron chi connectivity index (χ3n) is 3.89. The fraction of sp³-hybridized carbons (Fsp3) is 0.294. The number of aryl methyl sites for hydroxylation is 1. The summed E-state index contributed by atoms with van der Waals surface area (Å²) >= 11 is -0.886. The number of benzene rings is 2. The maximum Gasteiger partial charge on any atom is 0.470 e. The van der Waals surface area contributed by atoms with Crippen LogP contribution in [0, 0.1) is 0 Å². The Morgan fingerprint density at radius 3 is 2.52 bits per heavy atom. The average molecular weight is 369 g/mol. The molecule has 0 aliphatic carbocycles. The Morgan fingerprint density at radius 2 is 1.84 bits per heavy atom. The summed E-state index contributed by atoms with van der Waals surface area (Å²) in [6.45, 7) is 2.04. The molecular weight excluding hydrogens is 355 g/mol.